The average molecular weight is 214 g/mol. The second-order valence-corrected chi connectivity index (χ2v) is 3.58. The molecule has 0 aliphatic rings. The lowest BCUT2D eigenvalue weighted by atomic mass is 10.1. The number of hydrogen-bond acceptors (Lipinski definition) is 2. The minimum atomic E-state index is -0.918. The minimum Gasteiger partial charge on any atom is -0.478 e. The third kappa shape index (κ3) is 13.2. The maximum Gasteiger partial charge on any atom is 0.328 e. The molecule has 1 N–H and O–H groups in total. The molecule has 0 fully saturated rings. The second kappa shape index (κ2) is 11.2. The number of rotatable bonds is 10. The molecule has 0 bridgehead atoms. The first-order chi connectivity index (χ1) is 7.27. The van der Waals surface area contributed by atoms with Crippen LogP contribution in [0.1, 0.15) is 45.4 Å². The highest BCUT2D eigenvalue weighted by atomic mass is 16.5. The van der Waals surface area contributed by atoms with Crippen molar-refractivity contribution in [1.82, 2.24) is 0 Å². The zero-order valence-corrected chi connectivity index (χ0v) is 9.58. The molecule has 0 spiro atoms. The lowest BCUT2D eigenvalue weighted by molar-refractivity contribution is -0.131. The summed E-state index contributed by atoms with van der Waals surface area (Å²) < 4.78 is 5.24. The number of hydrogen-bond donors (Lipinski definition) is 1. The zero-order valence-electron chi connectivity index (χ0n) is 9.58. The van der Waals surface area contributed by atoms with Gasteiger partial charge >= 0.3 is 5.97 Å². The van der Waals surface area contributed by atoms with Gasteiger partial charge in [-0.15, -0.1) is 0 Å². The third-order valence-corrected chi connectivity index (χ3v) is 2.12. The summed E-state index contributed by atoms with van der Waals surface area (Å²) in [5.41, 5.74) is 0. The summed E-state index contributed by atoms with van der Waals surface area (Å²) in [4.78, 5) is 10.1. The molecule has 3 heteroatoms. The lowest BCUT2D eigenvalue weighted by Gasteiger charge is -2.01. The van der Waals surface area contributed by atoms with Gasteiger partial charge in [0.1, 0.15) is 0 Å². The van der Waals surface area contributed by atoms with Crippen molar-refractivity contribution >= 4 is 5.97 Å². The highest BCUT2D eigenvalue weighted by Gasteiger charge is 1.90. The van der Waals surface area contributed by atoms with Crippen LogP contribution in [0.25, 0.3) is 0 Å². The Balaban J connectivity index is 3.02. The van der Waals surface area contributed by atoms with Crippen molar-refractivity contribution < 1.29 is 14.6 Å². The molecular weight excluding hydrogens is 192 g/mol. The fourth-order valence-corrected chi connectivity index (χ4v) is 1.28. The molecule has 88 valence electrons. The highest BCUT2D eigenvalue weighted by molar-refractivity contribution is 5.79. The number of unbranched alkanes of at least 4 members (excludes halogenated alkanes) is 5. The first-order valence-corrected chi connectivity index (χ1v) is 5.74. The largest absolute Gasteiger partial charge is 0.478 e. The SMILES string of the molecule is CCCCCCCCOCC=CC(=O)O. The van der Waals surface area contributed by atoms with Crippen molar-refractivity contribution in [2.24, 2.45) is 0 Å². The summed E-state index contributed by atoms with van der Waals surface area (Å²) in [6.45, 7) is 3.34. The van der Waals surface area contributed by atoms with E-state index in [0.29, 0.717) is 6.61 Å². The monoisotopic (exact) mass is 214 g/mol. The van der Waals surface area contributed by atoms with E-state index in [1.165, 1.54) is 38.2 Å². The Morgan fingerprint density at radius 1 is 1.20 bits per heavy atom. The Morgan fingerprint density at radius 2 is 1.87 bits per heavy atom. The number of carboxylic acids is 1. The summed E-state index contributed by atoms with van der Waals surface area (Å²) >= 11 is 0. The van der Waals surface area contributed by atoms with Gasteiger partial charge in [0.05, 0.1) is 6.61 Å². The lowest BCUT2D eigenvalue weighted by Crippen LogP contribution is -1.95. The van der Waals surface area contributed by atoms with Crippen LogP contribution in [0.3, 0.4) is 0 Å². The van der Waals surface area contributed by atoms with Gasteiger partial charge in [0.15, 0.2) is 0 Å². The van der Waals surface area contributed by atoms with E-state index in [1.54, 1.807) is 0 Å². The van der Waals surface area contributed by atoms with Crippen molar-refractivity contribution in [3.05, 3.63) is 12.2 Å². The molecular formula is C12H22O3. The van der Waals surface area contributed by atoms with Crippen LogP contribution >= 0.6 is 0 Å². The Kier molecular flexibility index (Phi) is 10.6. The van der Waals surface area contributed by atoms with Gasteiger partial charge < -0.3 is 9.84 Å². The summed E-state index contributed by atoms with van der Waals surface area (Å²) in [7, 11) is 0. The van der Waals surface area contributed by atoms with Crippen LogP contribution < -0.4 is 0 Å². The molecule has 0 radical (unpaired) electrons. The van der Waals surface area contributed by atoms with Gasteiger partial charge in [-0.1, -0.05) is 45.1 Å². The van der Waals surface area contributed by atoms with Gasteiger partial charge in [-0.2, -0.15) is 0 Å². The maximum absolute atomic E-state index is 10.1. The van der Waals surface area contributed by atoms with E-state index in [2.05, 4.69) is 6.92 Å². The first kappa shape index (κ1) is 14.2. The second-order valence-electron chi connectivity index (χ2n) is 3.58. The van der Waals surface area contributed by atoms with Gasteiger partial charge in [0, 0.05) is 12.7 Å². The van der Waals surface area contributed by atoms with Gasteiger partial charge in [-0.05, 0) is 6.42 Å². The first-order valence-electron chi connectivity index (χ1n) is 5.74. The van der Waals surface area contributed by atoms with Crippen LogP contribution in [-0.2, 0) is 9.53 Å². The number of aliphatic carboxylic acids is 1. The fourth-order valence-electron chi connectivity index (χ4n) is 1.28. The topological polar surface area (TPSA) is 46.5 Å². The zero-order chi connectivity index (χ0) is 11.4. The predicted molar refractivity (Wildman–Crippen MR) is 61.0 cm³/mol. The van der Waals surface area contributed by atoms with Crippen molar-refractivity contribution in [1.29, 1.82) is 0 Å². The predicted octanol–water partition coefficient (Wildman–Crippen LogP) is 3.00. The van der Waals surface area contributed by atoms with E-state index in [9.17, 15) is 4.79 Å². The Bertz CT molecular complexity index is 176. The fraction of sp³-hybridized carbons (Fsp3) is 0.750. The number of carboxylic acid groups (broad SMARTS) is 1. The van der Waals surface area contributed by atoms with Gasteiger partial charge in [-0.3, -0.25) is 0 Å². The van der Waals surface area contributed by atoms with E-state index >= 15 is 0 Å². The highest BCUT2D eigenvalue weighted by Crippen LogP contribution is 2.04. The molecule has 0 aliphatic carbocycles. The Hall–Kier alpha value is -0.830. The molecule has 0 rings (SSSR count). The molecule has 3 nitrogen and oxygen atoms in total. The number of ether oxygens (including phenoxy) is 1. The van der Waals surface area contributed by atoms with E-state index in [0.717, 1.165) is 19.1 Å². The van der Waals surface area contributed by atoms with Crippen molar-refractivity contribution in [3.8, 4) is 0 Å². The Morgan fingerprint density at radius 3 is 2.53 bits per heavy atom. The molecule has 0 aromatic carbocycles. The summed E-state index contributed by atoms with van der Waals surface area (Å²) in [6.07, 6.45) is 10.1. The van der Waals surface area contributed by atoms with Gasteiger partial charge in [-0.25, -0.2) is 4.79 Å². The molecule has 0 atom stereocenters. The quantitative estimate of drug-likeness (QED) is 0.449. The van der Waals surface area contributed by atoms with Gasteiger partial charge in [0.25, 0.3) is 0 Å². The van der Waals surface area contributed by atoms with E-state index < -0.39 is 5.97 Å². The van der Waals surface area contributed by atoms with Crippen LogP contribution in [-0.4, -0.2) is 24.3 Å². The molecule has 0 heterocycles. The van der Waals surface area contributed by atoms with E-state index in [-0.39, 0.29) is 0 Å². The van der Waals surface area contributed by atoms with Crippen LogP contribution in [0.4, 0.5) is 0 Å². The molecule has 0 unspecified atom stereocenters. The maximum atomic E-state index is 10.1. The standard InChI is InChI=1S/C12H22O3/c1-2-3-4-5-6-7-10-15-11-8-9-12(13)14/h8-9H,2-7,10-11H2,1H3,(H,13,14). The smallest absolute Gasteiger partial charge is 0.328 e. The van der Waals surface area contributed by atoms with Crippen molar-refractivity contribution in [2.45, 2.75) is 45.4 Å². The Labute approximate surface area is 92.1 Å². The van der Waals surface area contributed by atoms with Crippen molar-refractivity contribution in [3.63, 3.8) is 0 Å². The van der Waals surface area contributed by atoms with Crippen LogP contribution in [0, 0.1) is 0 Å². The van der Waals surface area contributed by atoms with Crippen LogP contribution in [0.2, 0.25) is 0 Å². The van der Waals surface area contributed by atoms with Crippen molar-refractivity contribution in [2.75, 3.05) is 13.2 Å². The minimum absolute atomic E-state index is 0.404. The summed E-state index contributed by atoms with van der Waals surface area (Å²) in [5.74, 6) is -0.918. The normalized spacial score (nSPS) is 11.0. The van der Waals surface area contributed by atoms with Crippen LogP contribution in [0.15, 0.2) is 12.2 Å². The summed E-state index contributed by atoms with van der Waals surface area (Å²) in [5, 5.41) is 8.29. The molecule has 0 amide bonds. The third-order valence-electron chi connectivity index (χ3n) is 2.12. The molecule has 0 aromatic rings. The molecule has 0 saturated heterocycles. The van der Waals surface area contributed by atoms with E-state index in [1.807, 2.05) is 0 Å². The van der Waals surface area contributed by atoms with E-state index in [4.69, 9.17) is 9.84 Å². The number of carbonyl (C=O) groups is 1. The molecule has 0 saturated carbocycles. The van der Waals surface area contributed by atoms with Gasteiger partial charge in [0.2, 0.25) is 0 Å². The molecule has 0 aliphatic heterocycles. The van der Waals surface area contributed by atoms with Crippen LogP contribution in [0.5, 0.6) is 0 Å². The summed E-state index contributed by atoms with van der Waals surface area (Å²) in [6, 6.07) is 0. The average Bonchev–Trinajstić information content (AvgIpc) is 2.20. The molecule has 15 heavy (non-hydrogen) atoms. The molecule has 0 aromatic heterocycles.